The zero-order valence-electron chi connectivity index (χ0n) is 31.6. The molecule has 0 bridgehead atoms. The van der Waals surface area contributed by atoms with E-state index in [1.807, 2.05) is 29.8 Å². The predicted octanol–water partition coefficient (Wildman–Crippen LogP) is 3.08. The minimum absolute atomic E-state index is 0.0172. The zero-order chi connectivity index (χ0) is 39.6. The van der Waals surface area contributed by atoms with Gasteiger partial charge < -0.3 is 30.9 Å². The zero-order valence-corrected chi connectivity index (χ0v) is 32.4. The highest BCUT2D eigenvalue weighted by Gasteiger charge is 2.41. The Morgan fingerprint density at radius 1 is 1.02 bits per heavy atom. The van der Waals surface area contributed by atoms with E-state index in [1.54, 1.807) is 29.1 Å². The first kappa shape index (κ1) is 39.6. The summed E-state index contributed by atoms with van der Waals surface area (Å²) in [6.45, 7) is 2.78. The fourth-order valence-corrected chi connectivity index (χ4v) is 8.17. The largest absolute Gasteiger partial charge is 0.378 e. The smallest absolute Gasteiger partial charge is 0.255 e. The van der Waals surface area contributed by atoms with Crippen LogP contribution in [0.2, 0.25) is 0 Å². The van der Waals surface area contributed by atoms with E-state index in [1.165, 1.54) is 16.2 Å². The van der Waals surface area contributed by atoms with Gasteiger partial charge in [-0.2, -0.15) is 0 Å². The molecule has 2 fully saturated rings. The van der Waals surface area contributed by atoms with Crippen molar-refractivity contribution in [1.82, 2.24) is 45.8 Å². The summed E-state index contributed by atoms with van der Waals surface area (Å²) in [7, 11) is 0. The van der Waals surface area contributed by atoms with Crippen molar-refractivity contribution in [2.24, 2.45) is 5.41 Å². The Balaban J connectivity index is 0.784. The minimum Gasteiger partial charge on any atom is -0.378 e. The van der Waals surface area contributed by atoms with Crippen LogP contribution in [-0.4, -0.2) is 91.7 Å². The van der Waals surface area contributed by atoms with Crippen molar-refractivity contribution in [2.75, 3.05) is 36.9 Å². The van der Waals surface area contributed by atoms with Gasteiger partial charge in [-0.3, -0.25) is 29.3 Å². The summed E-state index contributed by atoms with van der Waals surface area (Å²) < 4.78 is 7.44. The van der Waals surface area contributed by atoms with E-state index in [-0.39, 0.29) is 56.0 Å². The summed E-state index contributed by atoms with van der Waals surface area (Å²) >= 11 is 1.51. The Morgan fingerprint density at radius 2 is 1.88 bits per heavy atom. The monoisotopic (exact) mass is 797 g/mol. The van der Waals surface area contributed by atoms with Crippen LogP contribution in [0.4, 0.5) is 16.6 Å². The van der Waals surface area contributed by atoms with Gasteiger partial charge in [0, 0.05) is 73.0 Å². The minimum atomic E-state index is -0.720. The molecule has 1 saturated carbocycles. The van der Waals surface area contributed by atoms with Crippen LogP contribution < -0.4 is 26.6 Å². The quantitative estimate of drug-likeness (QED) is 0.0726. The molecule has 57 heavy (non-hydrogen) atoms. The van der Waals surface area contributed by atoms with Gasteiger partial charge in [0.25, 0.3) is 5.91 Å². The number of rotatable bonds is 18. The highest BCUT2D eigenvalue weighted by Crippen LogP contribution is 2.40. The van der Waals surface area contributed by atoms with Crippen LogP contribution in [0, 0.1) is 5.41 Å². The number of amides is 5. The number of thiazole rings is 1. The number of anilines is 3. The fraction of sp³-hybridized carbons (Fsp3) is 0.462. The second-order valence-electron chi connectivity index (χ2n) is 14.5. The maximum absolute atomic E-state index is 13.7. The lowest BCUT2D eigenvalue weighted by molar-refractivity contribution is -0.137. The Bertz CT molecular complexity index is 2070. The van der Waals surface area contributed by atoms with E-state index in [0.717, 1.165) is 42.9 Å². The molecule has 5 amide bonds. The van der Waals surface area contributed by atoms with E-state index < -0.39 is 17.4 Å². The summed E-state index contributed by atoms with van der Waals surface area (Å²) in [5.41, 5.74) is 2.64. The lowest BCUT2D eigenvalue weighted by Gasteiger charge is -2.35. The van der Waals surface area contributed by atoms with Crippen molar-refractivity contribution in [3.8, 4) is 0 Å². The van der Waals surface area contributed by atoms with Gasteiger partial charge in [0.15, 0.2) is 5.13 Å². The van der Waals surface area contributed by atoms with Crippen molar-refractivity contribution in [3.63, 3.8) is 0 Å². The number of hydrogen-bond donors (Lipinski definition) is 5. The molecular weight excluding hydrogens is 751 g/mol. The first-order chi connectivity index (χ1) is 27.8. The number of carbonyl (C=O) groups excluding carboxylic acids is 5. The molecule has 5 N–H and O–H groups in total. The predicted molar refractivity (Wildman–Crippen MR) is 210 cm³/mol. The average Bonchev–Trinajstić information content (AvgIpc) is 3.97. The van der Waals surface area contributed by atoms with Crippen LogP contribution in [0.5, 0.6) is 0 Å². The normalized spacial score (nSPS) is 17.6. The van der Waals surface area contributed by atoms with Crippen LogP contribution >= 0.6 is 11.3 Å². The molecule has 1 saturated heterocycles. The maximum atomic E-state index is 13.7. The second-order valence-corrected chi connectivity index (χ2v) is 15.4. The molecule has 17 nitrogen and oxygen atoms in total. The molecule has 5 heterocycles. The summed E-state index contributed by atoms with van der Waals surface area (Å²) in [5, 5.41) is 25.9. The molecule has 300 valence electrons. The number of nitrogens with zero attached hydrogens (tertiary/aromatic N) is 6. The Labute approximate surface area is 333 Å². The Hall–Kier alpha value is -5.59. The number of imide groups is 1. The molecule has 1 unspecified atom stereocenters. The van der Waals surface area contributed by atoms with E-state index in [0.29, 0.717) is 67.6 Å². The summed E-state index contributed by atoms with van der Waals surface area (Å²) in [6.07, 6.45) is 9.52. The van der Waals surface area contributed by atoms with Gasteiger partial charge in [-0.1, -0.05) is 36.6 Å². The SMILES string of the molecule is O=C1CCC(N2Cc3c(NC(=O)CCNCCOCCn4cc(CNC(=O)C5(Cc6cccc(Nc7nccs7)n6)CCCCC5)nn4)cccc3C2=O)C(=O)N1. The number of pyridine rings is 1. The van der Waals surface area contributed by atoms with Gasteiger partial charge in [0.2, 0.25) is 23.6 Å². The number of aromatic nitrogens is 5. The molecule has 4 aromatic rings. The molecule has 0 radical (unpaired) electrons. The number of hydrogen-bond acceptors (Lipinski definition) is 13. The van der Waals surface area contributed by atoms with Crippen molar-refractivity contribution in [3.05, 3.63) is 76.7 Å². The van der Waals surface area contributed by atoms with Crippen LogP contribution in [0.25, 0.3) is 0 Å². The molecule has 18 heteroatoms. The number of piperidine rings is 1. The van der Waals surface area contributed by atoms with Crippen molar-refractivity contribution >= 4 is 57.5 Å². The van der Waals surface area contributed by atoms with Crippen LogP contribution in [0.15, 0.2) is 54.2 Å². The molecular formula is C39H47N11O6S. The van der Waals surface area contributed by atoms with E-state index in [2.05, 4.69) is 41.9 Å². The topological polar surface area (TPSA) is 214 Å². The fourth-order valence-electron chi connectivity index (χ4n) is 7.64. The van der Waals surface area contributed by atoms with Gasteiger partial charge in [0.05, 0.1) is 37.9 Å². The first-order valence-corrected chi connectivity index (χ1v) is 20.3. The molecule has 1 aliphatic carbocycles. The van der Waals surface area contributed by atoms with Crippen molar-refractivity contribution in [2.45, 2.75) is 83.5 Å². The summed E-state index contributed by atoms with van der Waals surface area (Å²) in [4.78, 5) is 74.0. The molecule has 1 atom stereocenters. The number of fused-ring (bicyclic) bond motifs is 1. The molecule has 7 rings (SSSR count). The molecule has 3 aliphatic rings. The lowest BCUT2D eigenvalue weighted by atomic mass is 9.70. The molecule has 0 spiro atoms. The first-order valence-electron chi connectivity index (χ1n) is 19.4. The lowest BCUT2D eigenvalue weighted by Crippen LogP contribution is -2.52. The van der Waals surface area contributed by atoms with E-state index in [4.69, 9.17) is 9.72 Å². The molecule has 2 aliphatic heterocycles. The van der Waals surface area contributed by atoms with Gasteiger partial charge in [-0.25, -0.2) is 14.6 Å². The average molecular weight is 798 g/mol. The van der Waals surface area contributed by atoms with E-state index >= 15 is 0 Å². The second kappa shape index (κ2) is 18.6. The van der Waals surface area contributed by atoms with Crippen LogP contribution in [0.3, 0.4) is 0 Å². The Kier molecular flexibility index (Phi) is 12.9. The van der Waals surface area contributed by atoms with Crippen LogP contribution in [0.1, 0.15) is 78.7 Å². The van der Waals surface area contributed by atoms with Crippen molar-refractivity contribution in [1.29, 1.82) is 0 Å². The van der Waals surface area contributed by atoms with Crippen molar-refractivity contribution < 1.29 is 28.7 Å². The highest BCUT2D eigenvalue weighted by molar-refractivity contribution is 7.13. The third-order valence-corrected chi connectivity index (χ3v) is 11.3. The highest BCUT2D eigenvalue weighted by atomic mass is 32.1. The number of nitrogens with one attached hydrogen (secondary N) is 5. The van der Waals surface area contributed by atoms with Crippen LogP contribution in [-0.2, 0) is 50.0 Å². The van der Waals surface area contributed by atoms with Gasteiger partial charge in [-0.15, -0.1) is 16.4 Å². The van der Waals surface area contributed by atoms with Gasteiger partial charge in [0.1, 0.15) is 17.6 Å². The third kappa shape index (κ3) is 10.1. The molecule has 1 aromatic carbocycles. The standard InChI is InChI=1S/C39H47N11O6S/c51-33-11-10-31(35(53)46-33)50-25-29-28(36(50)54)7-5-8-30(29)44-34(52)12-15-40-16-19-56-20-18-49-24-27(47-48-49)23-42-37(55)39(13-2-1-3-14-39)22-26-6-4-9-32(43-26)45-38-41-17-21-57-38/h4-9,17,21,24,31,40H,1-3,10-16,18-20,22-23,25H2,(H,42,55)(H,44,52)(H,41,43,45)(H,46,51,53). The van der Waals surface area contributed by atoms with E-state index in [9.17, 15) is 24.0 Å². The van der Waals surface area contributed by atoms with Gasteiger partial charge >= 0.3 is 0 Å². The molecule has 3 aromatic heterocycles. The summed E-state index contributed by atoms with van der Waals surface area (Å²) in [6, 6.07) is 10.2. The number of carbonyl (C=O) groups is 5. The van der Waals surface area contributed by atoms with Gasteiger partial charge in [-0.05, 0) is 43.5 Å². The summed E-state index contributed by atoms with van der Waals surface area (Å²) in [5.74, 6) is -0.589. The maximum Gasteiger partial charge on any atom is 0.255 e. The third-order valence-electron chi connectivity index (χ3n) is 10.6. The Morgan fingerprint density at radius 3 is 2.70 bits per heavy atom. The number of benzene rings is 1. The number of ether oxygens (including phenoxy) is 1.